The van der Waals surface area contributed by atoms with Gasteiger partial charge in [-0.2, -0.15) is 5.10 Å². The molecule has 0 aromatic heterocycles. The number of aromatic hydroxyl groups is 1. The van der Waals surface area contributed by atoms with Crippen LogP contribution in [0.1, 0.15) is 23.7 Å². The highest BCUT2D eigenvalue weighted by Gasteiger charge is 2.12. The molecule has 2 rings (SSSR count). The van der Waals surface area contributed by atoms with Gasteiger partial charge in [-0.25, -0.2) is 5.43 Å². The molecule has 2 aromatic carbocycles. The number of carbonyl (C=O) groups excluding carboxylic acids is 2. The molecule has 8 heteroatoms. The SMILES string of the molecule is C/C(CC(=O)Nc1ccc(N(C)C)cc1)=N\NC(=O)c1cc(Cl)ccc1O. The lowest BCUT2D eigenvalue weighted by Gasteiger charge is -2.13. The fourth-order valence-electron chi connectivity index (χ4n) is 2.22. The second kappa shape index (κ2) is 9.05. The van der Waals surface area contributed by atoms with E-state index >= 15 is 0 Å². The van der Waals surface area contributed by atoms with Crippen LogP contribution in [0.5, 0.6) is 5.75 Å². The van der Waals surface area contributed by atoms with Crippen molar-refractivity contribution in [1.29, 1.82) is 0 Å². The highest BCUT2D eigenvalue weighted by Crippen LogP contribution is 2.21. The van der Waals surface area contributed by atoms with Crippen molar-refractivity contribution in [3.63, 3.8) is 0 Å². The van der Waals surface area contributed by atoms with Gasteiger partial charge in [0.25, 0.3) is 5.91 Å². The van der Waals surface area contributed by atoms with Gasteiger partial charge in [-0.15, -0.1) is 0 Å². The van der Waals surface area contributed by atoms with Crippen molar-refractivity contribution in [2.75, 3.05) is 24.3 Å². The molecule has 0 saturated heterocycles. The lowest BCUT2D eigenvalue weighted by Crippen LogP contribution is -2.21. The number of benzene rings is 2. The molecule has 0 aliphatic rings. The van der Waals surface area contributed by atoms with E-state index in [1.807, 2.05) is 43.3 Å². The Morgan fingerprint density at radius 3 is 2.44 bits per heavy atom. The molecule has 0 atom stereocenters. The molecule has 142 valence electrons. The Balaban J connectivity index is 1.91. The van der Waals surface area contributed by atoms with Crippen molar-refractivity contribution in [3.05, 3.63) is 53.1 Å². The van der Waals surface area contributed by atoms with E-state index in [1.165, 1.54) is 18.2 Å². The van der Waals surface area contributed by atoms with Crippen LogP contribution in [0.15, 0.2) is 47.6 Å². The van der Waals surface area contributed by atoms with Crippen molar-refractivity contribution in [2.24, 2.45) is 5.10 Å². The molecular weight excluding hydrogens is 368 g/mol. The van der Waals surface area contributed by atoms with Gasteiger partial charge in [-0.1, -0.05) is 11.6 Å². The molecule has 0 spiro atoms. The minimum Gasteiger partial charge on any atom is -0.507 e. The Labute approximate surface area is 162 Å². The molecule has 0 heterocycles. The number of halogens is 1. The Hall–Kier alpha value is -3.06. The van der Waals surface area contributed by atoms with Gasteiger partial charge in [0.2, 0.25) is 5.91 Å². The van der Waals surface area contributed by atoms with Crippen molar-refractivity contribution in [3.8, 4) is 5.75 Å². The van der Waals surface area contributed by atoms with Gasteiger partial charge in [0, 0.05) is 36.2 Å². The van der Waals surface area contributed by atoms with Gasteiger partial charge >= 0.3 is 0 Å². The van der Waals surface area contributed by atoms with Crippen LogP contribution < -0.4 is 15.6 Å². The van der Waals surface area contributed by atoms with Crippen LogP contribution in [-0.2, 0) is 4.79 Å². The van der Waals surface area contributed by atoms with Crippen LogP contribution in [0, 0.1) is 0 Å². The summed E-state index contributed by atoms with van der Waals surface area (Å²) < 4.78 is 0. The molecule has 27 heavy (non-hydrogen) atoms. The van der Waals surface area contributed by atoms with Gasteiger partial charge in [0.15, 0.2) is 0 Å². The summed E-state index contributed by atoms with van der Waals surface area (Å²) in [6.07, 6.45) is 0.0112. The van der Waals surface area contributed by atoms with E-state index in [0.717, 1.165) is 5.69 Å². The molecule has 3 N–H and O–H groups in total. The zero-order valence-electron chi connectivity index (χ0n) is 15.3. The largest absolute Gasteiger partial charge is 0.507 e. The average Bonchev–Trinajstić information content (AvgIpc) is 2.62. The molecule has 0 radical (unpaired) electrons. The van der Waals surface area contributed by atoms with E-state index in [0.29, 0.717) is 16.4 Å². The molecule has 0 fully saturated rings. The first kappa shape index (κ1) is 20.3. The number of anilines is 2. The van der Waals surface area contributed by atoms with E-state index in [-0.39, 0.29) is 23.6 Å². The Morgan fingerprint density at radius 2 is 1.81 bits per heavy atom. The number of amides is 2. The molecule has 7 nitrogen and oxygen atoms in total. The summed E-state index contributed by atoms with van der Waals surface area (Å²) in [5.41, 5.74) is 4.41. The molecule has 0 bridgehead atoms. The van der Waals surface area contributed by atoms with Crippen LogP contribution >= 0.6 is 11.6 Å². The van der Waals surface area contributed by atoms with Crippen LogP contribution in [-0.4, -0.2) is 36.7 Å². The number of rotatable bonds is 6. The van der Waals surface area contributed by atoms with E-state index < -0.39 is 5.91 Å². The summed E-state index contributed by atoms with van der Waals surface area (Å²) in [4.78, 5) is 26.1. The molecule has 0 unspecified atom stereocenters. The van der Waals surface area contributed by atoms with Crippen molar-refractivity contribution >= 4 is 40.5 Å². The highest BCUT2D eigenvalue weighted by molar-refractivity contribution is 6.31. The maximum Gasteiger partial charge on any atom is 0.275 e. The number of hydrogen-bond donors (Lipinski definition) is 3. The van der Waals surface area contributed by atoms with Crippen LogP contribution in [0.25, 0.3) is 0 Å². The standard InChI is InChI=1S/C19H21ClN4O3/c1-12(22-23-19(27)16-11-13(20)4-9-17(16)25)10-18(26)21-14-5-7-15(8-6-14)24(2)3/h4-9,11,25H,10H2,1-3H3,(H,21,26)(H,23,27)/b22-12+. The average molecular weight is 389 g/mol. The predicted molar refractivity (Wildman–Crippen MR) is 108 cm³/mol. The van der Waals surface area contributed by atoms with E-state index in [9.17, 15) is 14.7 Å². The Morgan fingerprint density at radius 1 is 1.15 bits per heavy atom. The molecule has 2 aromatic rings. The number of phenols is 1. The minimum atomic E-state index is -0.617. The van der Waals surface area contributed by atoms with E-state index in [1.54, 1.807) is 6.92 Å². The minimum absolute atomic E-state index is 0.00415. The number of hydrazone groups is 1. The normalized spacial score (nSPS) is 11.0. The van der Waals surface area contributed by atoms with Crippen molar-refractivity contribution in [2.45, 2.75) is 13.3 Å². The summed E-state index contributed by atoms with van der Waals surface area (Å²) in [6.45, 7) is 1.62. The monoisotopic (exact) mass is 388 g/mol. The van der Waals surface area contributed by atoms with Gasteiger partial charge in [0.1, 0.15) is 5.75 Å². The summed E-state index contributed by atoms with van der Waals surface area (Å²) in [5.74, 6) is -1.08. The number of nitrogens with one attached hydrogen (secondary N) is 2. The van der Waals surface area contributed by atoms with Crippen LogP contribution in [0.4, 0.5) is 11.4 Å². The number of phenolic OH excluding ortho intramolecular Hbond substituents is 1. The Kier molecular flexibility index (Phi) is 6.79. The van der Waals surface area contributed by atoms with Gasteiger partial charge in [-0.05, 0) is 49.4 Å². The molecule has 2 amide bonds. The number of carbonyl (C=O) groups is 2. The van der Waals surface area contributed by atoms with Gasteiger partial charge < -0.3 is 15.3 Å². The van der Waals surface area contributed by atoms with Gasteiger partial charge in [0.05, 0.1) is 12.0 Å². The maximum absolute atomic E-state index is 12.1. The van der Waals surface area contributed by atoms with Crippen molar-refractivity contribution < 1.29 is 14.7 Å². The third-order valence-corrected chi connectivity index (χ3v) is 3.87. The van der Waals surface area contributed by atoms with Gasteiger partial charge in [-0.3, -0.25) is 9.59 Å². The van der Waals surface area contributed by atoms with E-state index in [2.05, 4.69) is 15.8 Å². The third-order valence-electron chi connectivity index (χ3n) is 3.64. The lowest BCUT2D eigenvalue weighted by atomic mass is 10.2. The summed E-state index contributed by atoms with van der Waals surface area (Å²) in [7, 11) is 3.87. The first-order chi connectivity index (χ1) is 12.8. The van der Waals surface area contributed by atoms with Crippen molar-refractivity contribution in [1.82, 2.24) is 5.43 Å². The molecule has 0 aliphatic heterocycles. The van der Waals surface area contributed by atoms with Crippen LogP contribution in [0.3, 0.4) is 0 Å². The number of hydrogen-bond acceptors (Lipinski definition) is 5. The topological polar surface area (TPSA) is 94.0 Å². The second-order valence-electron chi connectivity index (χ2n) is 6.12. The quantitative estimate of drug-likeness (QED) is 0.523. The summed E-state index contributed by atoms with van der Waals surface area (Å²) in [6, 6.07) is 11.5. The van der Waals surface area contributed by atoms with E-state index in [4.69, 9.17) is 11.6 Å². The predicted octanol–water partition coefficient (Wildman–Crippen LogP) is 3.25. The summed E-state index contributed by atoms with van der Waals surface area (Å²) in [5, 5.41) is 16.7. The zero-order chi connectivity index (χ0) is 20.0. The molecule has 0 aliphatic carbocycles. The first-order valence-corrected chi connectivity index (χ1v) is 8.53. The fourth-order valence-corrected chi connectivity index (χ4v) is 2.39. The fraction of sp³-hybridized carbons (Fsp3) is 0.211. The first-order valence-electron chi connectivity index (χ1n) is 8.15. The Bertz CT molecular complexity index is 864. The lowest BCUT2D eigenvalue weighted by molar-refractivity contribution is -0.115. The molecular formula is C19H21ClN4O3. The third kappa shape index (κ3) is 6.00. The second-order valence-corrected chi connectivity index (χ2v) is 6.55. The number of nitrogens with zero attached hydrogens (tertiary/aromatic N) is 2. The smallest absolute Gasteiger partial charge is 0.275 e. The van der Waals surface area contributed by atoms with Crippen LogP contribution in [0.2, 0.25) is 5.02 Å². The maximum atomic E-state index is 12.1. The zero-order valence-corrected chi connectivity index (χ0v) is 16.0. The highest BCUT2D eigenvalue weighted by atomic mass is 35.5. The summed E-state index contributed by atoms with van der Waals surface area (Å²) >= 11 is 5.81. The molecule has 0 saturated carbocycles.